The molecule has 4 N–H and O–H groups in total. The molecule has 2 aromatic rings. The van der Waals surface area contributed by atoms with Crippen molar-refractivity contribution >= 4 is 6.09 Å². The number of aromatic nitrogens is 1. The number of carbonyl (C=O) groups excluding carboxylic acids is 1. The Bertz CT molecular complexity index is 686. The molecule has 0 fully saturated rings. The zero-order valence-corrected chi connectivity index (χ0v) is 12.3. The average molecular weight is 318 g/mol. The van der Waals surface area contributed by atoms with Crippen LogP contribution in [-0.4, -0.2) is 33.9 Å². The fraction of sp³-hybridized carbons (Fsp3) is 0.250. The molecule has 0 spiro atoms. The first-order chi connectivity index (χ1) is 11.1. The molecule has 0 aliphatic heterocycles. The molecular formula is C16H18N2O5. The minimum atomic E-state index is -1.41. The number of pyridine rings is 1. The molecule has 1 aromatic carbocycles. The van der Waals surface area contributed by atoms with Gasteiger partial charge in [-0.1, -0.05) is 30.3 Å². The van der Waals surface area contributed by atoms with Crippen molar-refractivity contribution < 1.29 is 19.7 Å². The Morgan fingerprint density at radius 2 is 1.91 bits per heavy atom. The van der Waals surface area contributed by atoms with Crippen LogP contribution in [0.3, 0.4) is 0 Å². The van der Waals surface area contributed by atoms with Crippen LogP contribution in [0.2, 0.25) is 0 Å². The van der Waals surface area contributed by atoms with E-state index in [0.717, 1.165) is 5.56 Å². The lowest BCUT2D eigenvalue weighted by atomic mass is 10.1. The van der Waals surface area contributed by atoms with Crippen molar-refractivity contribution in [3.63, 3.8) is 0 Å². The third-order valence-electron chi connectivity index (χ3n) is 3.20. The molecule has 0 radical (unpaired) electrons. The fourth-order valence-electron chi connectivity index (χ4n) is 1.95. The normalized spacial score (nSPS) is 13.1. The van der Waals surface area contributed by atoms with Gasteiger partial charge in [0.15, 0.2) is 0 Å². The third-order valence-corrected chi connectivity index (χ3v) is 3.20. The molecule has 2 unspecified atom stereocenters. The smallest absolute Gasteiger partial charge is 0.407 e. The average Bonchev–Trinajstić information content (AvgIpc) is 2.58. The first-order valence-corrected chi connectivity index (χ1v) is 7.06. The van der Waals surface area contributed by atoms with Gasteiger partial charge in [0, 0.05) is 18.3 Å². The first-order valence-electron chi connectivity index (χ1n) is 7.06. The van der Waals surface area contributed by atoms with Crippen molar-refractivity contribution in [2.75, 3.05) is 6.54 Å². The van der Waals surface area contributed by atoms with Crippen molar-refractivity contribution in [1.82, 2.24) is 10.3 Å². The molecule has 122 valence electrons. The van der Waals surface area contributed by atoms with Gasteiger partial charge in [-0.2, -0.15) is 0 Å². The van der Waals surface area contributed by atoms with Gasteiger partial charge in [0.1, 0.15) is 18.8 Å². The standard InChI is InChI=1S/C16H18N2O5/c19-13(14(20)12-7-4-8-17-15(12)21)9-18-16(22)23-10-11-5-2-1-3-6-11/h1-8,13-14,19-20H,9-10H2,(H,17,21)(H,18,22). The van der Waals surface area contributed by atoms with Crippen molar-refractivity contribution in [2.45, 2.75) is 18.8 Å². The number of aliphatic hydroxyl groups excluding tert-OH is 2. The molecule has 0 saturated heterocycles. The highest BCUT2D eigenvalue weighted by atomic mass is 16.5. The highest BCUT2D eigenvalue weighted by molar-refractivity contribution is 5.67. The highest BCUT2D eigenvalue weighted by Gasteiger charge is 2.21. The maximum atomic E-state index is 11.6. The summed E-state index contributed by atoms with van der Waals surface area (Å²) in [7, 11) is 0. The Balaban J connectivity index is 1.79. The molecule has 7 nitrogen and oxygen atoms in total. The van der Waals surface area contributed by atoms with Crippen LogP contribution in [0.1, 0.15) is 17.2 Å². The second kappa shape index (κ2) is 8.11. The van der Waals surface area contributed by atoms with Crippen molar-refractivity contribution in [3.8, 4) is 0 Å². The number of nitrogens with one attached hydrogen (secondary N) is 2. The quantitative estimate of drug-likeness (QED) is 0.626. The van der Waals surface area contributed by atoms with Gasteiger partial charge in [0.05, 0.1) is 0 Å². The molecule has 0 bridgehead atoms. The number of benzene rings is 1. The number of hydrogen-bond acceptors (Lipinski definition) is 5. The van der Waals surface area contributed by atoms with Crippen LogP contribution in [0.15, 0.2) is 53.5 Å². The Hall–Kier alpha value is -2.64. The molecule has 2 atom stereocenters. The third kappa shape index (κ3) is 4.94. The van der Waals surface area contributed by atoms with Gasteiger partial charge in [0.25, 0.3) is 5.56 Å². The second-order valence-electron chi connectivity index (χ2n) is 4.91. The predicted octanol–water partition coefficient (Wildman–Crippen LogP) is 0.696. The van der Waals surface area contributed by atoms with Gasteiger partial charge in [-0.05, 0) is 17.7 Å². The summed E-state index contributed by atoms with van der Waals surface area (Å²) in [6.45, 7) is -0.146. The molecule has 1 heterocycles. The van der Waals surface area contributed by atoms with E-state index in [4.69, 9.17) is 4.74 Å². The summed E-state index contributed by atoms with van der Waals surface area (Å²) in [5.41, 5.74) is 0.365. The van der Waals surface area contributed by atoms with Crippen LogP contribution in [0.25, 0.3) is 0 Å². The number of aromatic amines is 1. The summed E-state index contributed by atoms with van der Waals surface area (Å²) in [5, 5.41) is 22.1. The number of carbonyl (C=O) groups is 1. The monoisotopic (exact) mass is 318 g/mol. The zero-order valence-electron chi connectivity index (χ0n) is 12.3. The number of aliphatic hydroxyl groups is 2. The van der Waals surface area contributed by atoms with E-state index in [1.54, 1.807) is 0 Å². The first kappa shape index (κ1) is 16.7. The number of ether oxygens (including phenoxy) is 1. The van der Waals surface area contributed by atoms with Crippen LogP contribution in [0.5, 0.6) is 0 Å². The number of hydrogen-bond donors (Lipinski definition) is 4. The Morgan fingerprint density at radius 3 is 2.61 bits per heavy atom. The lowest BCUT2D eigenvalue weighted by molar-refractivity contribution is 0.0176. The van der Waals surface area contributed by atoms with Crippen LogP contribution < -0.4 is 10.9 Å². The Labute approximate surface area is 132 Å². The molecular weight excluding hydrogens is 300 g/mol. The highest BCUT2D eigenvalue weighted by Crippen LogP contribution is 2.11. The minimum absolute atomic E-state index is 0.0273. The van der Waals surface area contributed by atoms with Crippen molar-refractivity contribution in [1.29, 1.82) is 0 Å². The maximum absolute atomic E-state index is 11.6. The molecule has 1 amide bonds. The van der Waals surface area contributed by atoms with Gasteiger partial charge < -0.3 is 25.3 Å². The number of amides is 1. The van der Waals surface area contributed by atoms with Gasteiger partial charge in [-0.15, -0.1) is 0 Å². The summed E-state index contributed by atoms with van der Waals surface area (Å²) >= 11 is 0. The summed E-state index contributed by atoms with van der Waals surface area (Å²) < 4.78 is 4.98. The van der Waals surface area contributed by atoms with Gasteiger partial charge in [-0.3, -0.25) is 4.79 Å². The van der Waals surface area contributed by atoms with Crippen LogP contribution in [-0.2, 0) is 11.3 Å². The van der Waals surface area contributed by atoms with Gasteiger partial charge in [0.2, 0.25) is 0 Å². The number of alkyl carbamates (subject to hydrolysis) is 1. The lowest BCUT2D eigenvalue weighted by Gasteiger charge is -2.17. The summed E-state index contributed by atoms with van der Waals surface area (Å²) in [6, 6.07) is 12.1. The molecule has 0 aliphatic rings. The topological polar surface area (TPSA) is 112 Å². The van der Waals surface area contributed by atoms with Gasteiger partial charge in [-0.25, -0.2) is 4.79 Å². The van der Waals surface area contributed by atoms with Crippen molar-refractivity contribution in [3.05, 3.63) is 70.1 Å². The maximum Gasteiger partial charge on any atom is 0.407 e. The Morgan fingerprint density at radius 1 is 1.17 bits per heavy atom. The van der Waals surface area contributed by atoms with Crippen molar-refractivity contribution in [2.24, 2.45) is 0 Å². The minimum Gasteiger partial charge on any atom is -0.445 e. The number of rotatable bonds is 6. The van der Waals surface area contributed by atoms with Crippen LogP contribution >= 0.6 is 0 Å². The van der Waals surface area contributed by atoms with E-state index in [1.807, 2.05) is 30.3 Å². The zero-order chi connectivity index (χ0) is 16.7. The van der Waals surface area contributed by atoms with E-state index < -0.39 is 23.9 Å². The fourth-order valence-corrected chi connectivity index (χ4v) is 1.95. The molecule has 1 aromatic heterocycles. The van der Waals surface area contributed by atoms with Gasteiger partial charge >= 0.3 is 6.09 Å². The SMILES string of the molecule is O=C(NCC(O)C(O)c1ccc[nH]c1=O)OCc1ccccc1. The van der Waals surface area contributed by atoms with Crippen LogP contribution in [0.4, 0.5) is 4.79 Å². The van der Waals surface area contributed by atoms with E-state index in [0.29, 0.717) is 0 Å². The number of H-pyrrole nitrogens is 1. The summed E-state index contributed by atoms with van der Waals surface area (Å²) in [4.78, 5) is 25.5. The molecule has 0 aliphatic carbocycles. The van der Waals surface area contributed by atoms with E-state index >= 15 is 0 Å². The largest absolute Gasteiger partial charge is 0.445 e. The second-order valence-corrected chi connectivity index (χ2v) is 4.91. The predicted molar refractivity (Wildman–Crippen MR) is 82.7 cm³/mol. The van der Waals surface area contributed by atoms with Crippen LogP contribution in [0, 0.1) is 0 Å². The molecule has 0 saturated carbocycles. The Kier molecular flexibility index (Phi) is 5.90. The molecule has 23 heavy (non-hydrogen) atoms. The summed E-state index contributed by atoms with van der Waals surface area (Å²) in [6.07, 6.45) is -2.04. The van der Waals surface area contributed by atoms with E-state index in [1.165, 1.54) is 18.3 Å². The van der Waals surface area contributed by atoms with E-state index in [-0.39, 0.29) is 18.7 Å². The summed E-state index contributed by atoms with van der Waals surface area (Å²) in [5.74, 6) is 0. The molecule has 2 rings (SSSR count). The molecule has 7 heteroatoms. The van der Waals surface area contributed by atoms with E-state index in [2.05, 4.69) is 10.3 Å². The van der Waals surface area contributed by atoms with E-state index in [9.17, 15) is 19.8 Å². The lowest BCUT2D eigenvalue weighted by Crippen LogP contribution is -2.37.